The van der Waals surface area contributed by atoms with Gasteiger partial charge in [0.1, 0.15) is 5.82 Å². The normalized spacial score (nSPS) is 11.1. The van der Waals surface area contributed by atoms with Gasteiger partial charge in [0.15, 0.2) is 0 Å². The van der Waals surface area contributed by atoms with E-state index in [9.17, 15) is 17.6 Å². The molecular formula is C14H13FN2O3S. The molecule has 0 unspecified atom stereocenters. The average Bonchev–Trinajstić information content (AvgIpc) is 2.46. The third kappa shape index (κ3) is 4.37. The van der Waals surface area contributed by atoms with Crippen LogP contribution in [0.4, 0.5) is 10.1 Å². The van der Waals surface area contributed by atoms with E-state index < -0.39 is 28.3 Å². The second kappa shape index (κ2) is 6.47. The van der Waals surface area contributed by atoms with Crippen molar-refractivity contribution in [3.05, 3.63) is 60.4 Å². The molecule has 0 saturated heterocycles. The molecule has 0 atom stereocenters. The first-order valence-corrected chi connectivity index (χ1v) is 7.56. The number of amides is 1. The van der Waals surface area contributed by atoms with Crippen LogP contribution in [0.3, 0.4) is 0 Å². The molecule has 0 radical (unpaired) electrons. The minimum Gasteiger partial charge on any atom is -0.325 e. The highest BCUT2D eigenvalue weighted by atomic mass is 32.2. The van der Waals surface area contributed by atoms with Crippen molar-refractivity contribution in [2.24, 2.45) is 0 Å². The summed E-state index contributed by atoms with van der Waals surface area (Å²) in [5.74, 6) is -1.07. The Labute approximate surface area is 121 Å². The van der Waals surface area contributed by atoms with Crippen molar-refractivity contribution >= 4 is 21.6 Å². The van der Waals surface area contributed by atoms with E-state index in [-0.39, 0.29) is 10.6 Å². The van der Waals surface area contributed by atoms with Gasteiger partial charge in [-0.3, -0.25) is 4.79 Å². The average molecular weight is 308 g/mol. The molecule has 0 saturated carbocycles. The summed E-state index contributed by atoms with van der Waals surface area (Å²) < 4.78 is 38.9. The summed E-state index contributed by atoms with van der Waals surface area (Å²) in [6, 6.07) is 13.0. The highest BCUT2D eigenvalue weighted by Crippen LogP contribution is 2.09. The van der Waals surface area contributed by atoms with Gasteiger partial charge in [-0.2, -0.15) is 0 Å². The number of hydrogen-bond donors (Lipinski definition) is 2. The van der Waals surface area contributed by atoms with Crippen molar-refractivity contribution in [2.45, 2.75) is 4.90 Å². The fourth-order valence-corrected chi connectivity index (χ4v) is 2.62. The lowest BCUT2D eigenvalue weighted by atomic mass is 10.3. The molecule has 2 aromatic rings. The number of carbonyl (C=O) groups is 1. The van der Waals surface area contributed by atoms with Crippen LogP contribution in [0.2, 0.25) is 0 Å². The van der Waals surface area contributed by atoms with Crippen molar-refractivity contribution in [2.75, 3.05) is 11.9 Å². The SMILES string of the molecule is O=C(CNS(=O)(=O)c1ccccc1)Nc1cccc(F)c1. The minimum absolute atomic E-state index is 0.0727. The lowest BCUT2D eigenvalue weighted by Crippen LogP contribution is -2.32. The topological polar surface area (TPSA) is 75.3 Å². The second-order valence-corrected chi connectivity index (χ2v) is 5.96. The maximum atomic E-state index is 13.0. The fraction of sp³-hybridized carbons (Fsp3) is 0.0714. The zero-order chi connectivity index (χ0) is 15.3. The van der Waals surface area contributed by atoms with Crippen LogP contribution in [0, 0.1) is 5.82 Å². The van der Waals surface area contributed by atoms with Crippen LogP contribution in [0.1, 0.15) is 0 Å². The third-order valence-electron chi connectivity index (χ3n) is 2.58. The van der Waals surface area contributed by atoms with Crippen LogP contribution >= 0.6 is 0 Å². The molecule has 5 nitrogen and oxygen atoms in total. The summed E-state index contributed by atoms with van der Waals surface area (Å²) in [6.07, 6.45) is 0. The molecule has 2 N–H and O–H groups in total. The molecule has 0 aliphatic carbocycles. The molecule has 0 fully saturated rings. The number of halogens is 1. The molecule has 7 heteroatoms. The molecule has 0 heterocycles. The number of carbonyl (C=O) groups excluding carboxylic acids is 1. The van der Waals surface area contributed by atoms with Gasteiger partial charge in [-0.25, -0.2) is 17.5 Å². The van der Waals surface area contributed by atoms with Gasteiger partial charge in [0.25, 0.3) is 0 Å². The Balaban J connectivity index is 1.95. The molecule has 0 aliphatic heterocycles. The number of hydrogen-bond acceptors (Lipinski definition) is 3. The van der Waals surface area contributed by atoms with Gasteiger partial charge in [-0.05, 0) is 30.3 Å². The van der Waals surface area contributed by atoms with E-state index >= 15 is 0 Å². The lowest BCUT2D eigenvalue weighted by Gasteiger charge is -2.07. The summed E-state index contributed by atoms with van der Waals surface area (Å²) in [5, 5.41) is 2.40. The second-order valence-electron chi connectivity index (χ2n) is 4.20. The zero-order valence-electron chi connectivity index (χ0n) is 10.9. The Hall–Kier alpha value is -2.25. The van der Waals surface area contributed by atoms with E-state index in [1.807, 2.05) is 0 Å². The van der Waals surface area contributed by atoms with Gasteiger partial charge in [0.2, 0.25) is 15.9 Å². The van der Waals surface area contributed by atoms with Gasteiger partial charge in [0, 0.05) is 5.69 Å². The van der Waals surface area contributed by atoms with Gasteiger partial charge in [-0.15, -0.1) is 0 Å². The Morgan fingerprint density at radius 1 is 1.05 bits per heavy atom. The molecule has 1 amide bonds. The van der Waals surface area contributed by atoms with Crippen LogP contribution in [-0.2, 0) is 14.8 Å². The van der Waals surface area contributed by atoms with Gasteiger partial charge in [-0.1, -0.05) is 24.3 Å². The van der Waals surface area contributed by atoms with Crippen LogP contribution in [0.15, 0.2) is 59.5 Å². The van der Waals surface area contributed by atoms with Gasteiger partial charge in [0.05, 0.1) is 11.4 Å². The maximum absolute atomic E-state index is 13.0. The molecule has 0 bridgehead atoms. The van der Waals surface area contributed by atoms with Crippen LogP contribution in [-0.4, -0.2) is 20.9 Å². The Morgan fingerprint density at radius 2 is 1.76 bits per heavy atom. The molecule has 2 aromatic carbocycles. The van der Waals surface area contributed by atoms with Crippen molar-refractivity contribution in [3.63, 3.8) is 0 Å². The molecule has 0 aromatic heterocycles. The van der Waals surface area contributed by atoms with Crippen molar-refractivity contribution in [3.8, 4) is 0 Å². The molecule has 0 aliphatic rings. The quantitative estimate of drug-likeness (QED) is 0.883. The van der Waals surface area contributed by atoms with E-state index in [2.05, 4.69) is 10.0 Å². The largest absolute Gasteiger partial charge is 0.325 e. The maximum Gasteiger partial charge on any atom is 0.241 e. The van der Waals surface area contributed by atoms with E-state index in [0.717, 1.165) is 6.07 Å². The van der Waals surface area contributed by atoms with E-state index in [1.165, 1.54) is 30.3 Å². The predicted molar refractivity (Wildman–Crippen MR) is 76.7 cm³/mol. The Kier molecular flexibility index (Phi) is 4.66. The monoisotopic (exact) mass is 308 g/mol. The molecule has 2 rings (SSSR count). The summed E-state index contributed by atoms with van der Waals surface area (Å²) in [6.45, 7) is -0.437. The smallest absolute Gasteiger partial charge is 0.241 e. The number of benzene rings is 2. The highest BCUT2D eigenvalue weighted by Gasteiger charge is 2.14. The first-order chi connectivity index (χ1) is 9.97. The highest BCUT2D eigenvalue weighted by molar-refractivity contribution is 7.89. The standard InChI is InChI=1S/C14H13FN2O3S/c15-11-5-4-6-12(9-11)17-14(18)10-16-21(19,20)13-7-2-1-3-8-13/h1-9,16H,10H2,(H,17,18). The summed E-state index contributed by atoms with van der Waals surface area (Å²) in [5.41, 5.74) is 0.263. The first-order valence-electron chi connectivity index (χ1n) is 6.07. The number of rotatable bonds is 5. The van der Waals surface area contributed by atoms with Crippen molar-refractivity contribution < 1.29 is 17.6 Å². The predicted octanol–water partition coefficient (Wildman–Crippen LogP) is 1.74. The zero-order valence-corrected chi connectivity index (χ0v) is 11.7. The van der Waals surface area contributed by atoms with Crippen molar-refractivity contribution in [1.82, 2.24) is 4.72 Å². The van der Waals surface area contributed by atoms with E-state index in [4.69, 9.17) is 0 Å². The first kappa shape index (κ1) is 15.1. The summed E-state index contributed by atoms with van der Waals surface area (Å²) in [7, 11) is -3.74. The van der Waals surface area contributed by atoms with Crippen LogP contribution in [0.25, 0.3) is 0 Å². The van der Waals surface area contributed by atoms with E-state index in [1.54, 1.807) is 18.2 Å². The number of anilines is 1. The fourth-order valence-electron chi connectivity index (χ4n) is 1.61. The van der Waals surface area contributed by atoms with Crippen LogP contribution in [0.5, 0.6) is 0 Å². The minimum atomic E-state index is -3.74. The van der Waals surface area contributed by atoms with Crippen LogP contribution < -0.4 is 10.0 Å². The Bertz CT molecular complexity index is 733. The molecular weight excluding hydrogens is 295 g/mol. The molecule has 110 valence electrons. The third-order valence-corrected chi connectivity index (χ3v) is 4.00. The molecule has 0 spiro atoms. The lowest BCUT2D eigenvalue weighted by molar-refractivity contribution is -0.115. The van der Waals surface area contributed by atoms with Gasteiger partial charge < -0.3 is 5.32 Å². The molecule has 21 heavy (non-hydrogen) atoms. The Morgan fingerprint density at radius 3 is 2.43 bits per heavy atom. The van der Waals surface area contributed by atoms with Crippen molar-refractivity contribution in [1.29, 1.82) is 0 Å². The van der Waals surface area contributed by atoms with Gasteiger partial charge >= 0.3 is 0 Å². The number of nitrogens with one attached hydrogen (secondary N) is 2. The number of sulfonamides is 1. The summed E-state index contributed by atoms with van der Waals surface area (Å²) in [4.78, 5) is 11.7. The van der Waals surface area contributed by atoms with E-state index in [0.29, 0.717) is 0 Å². The summed E-state index contributed by atoms with van der Waals surface area (Å²) >= 11 is 0.